The Balaban J connectivity index is 3.06. The molecule has 0 saturated carbocycles. The van der Waals surface area contributed by atoms with Gasteiger partial charge >= 0.3 is 0 Å². The first-order valence-electron chi connectivity index (χ1n) is 5.09. The van der Waals surface area contributed by atoms with Crippen LogP contribution >= 0.6 is 27.5 Å². The van der Waals surface area contributed by atoms with Gasteiger partial charge in [-0.05, 0) is 39.0 Å². The molecule has 0 amide bonds. The molecule has 1 aromatic rings. The van der Waals surface area contributed by atoms with Crippen LogP contribution in [0, 0.1) is 0 Å². The summed E-state index contributed by atoms with van der Waals surface area (Å²) in [5, 5.41) is -0.315. The Morgan fingerprint density at radius 1 is 1.41 bits per heavy atom. The van der Waals surface area contributed by atoms with Crippen molar-refractivity contribution in [1.82, 2.24) is 4.72 Å². The third-order valence-electron chi connectivity index (χ3n) is 2.50. The highest BCUT2D eigenvalue weighted by Crippen LogP contribution is 2.21. The fourth-order valence-electron chi connectivity index (χ4n) is 1.12. The van der Waals surface area contributed by atoms with Crippen molar-refractivity contribution in [2.75, 3.05) is 0 Å². The predicted octanol–water partition coefficient (Wildman–Crippen LogP) is 3.13. The minimum absolute atomic E-state index is 0.220. The van der Waals surface area contributed by atoms with E-state index in [1.165, 1.54) is 0 Å². The lowest BCUT2D eigenvalue weighted by Crippen LogP contribution is -2.48. The lowest BCUT2D eigenvalue weighted by Gasteiger charge is -2.28. The van der Waals surface area contributed by atoms with Crippen LogP contribution in [0.4, 0.5) is 0 Å². The Morgan fingerprint density at radius 3 is 2.47 bits per heavy atom. The summed E-state index contributed by atoms with van der Waals surface area (Å²) in [5.74, 6) is 0. The molecule has 1 aromatic carbocycles. The summed E-state index contributed by atoms with van der Waals surface area (Å²) in [6.45, 7) is 5.26. The summed E-state index contributed by atoms with van der Waals surface area (Å²) in [5.41, 5.74) is -0.706. The van der Waals surface area contributed by atoms with E-state index in [-0.39, 0.29) is 10.3 Å². The molecule has 3 nitrogen and oxygen atoms in total. The Labute approximate surface area is 116 Å². The van der Waals surface area contributed by atoms with Crippen LogP contribution in [0.15, 0.2) is 33.6 Å². The second-order valence-corrected chi connectivity index (χ2v) is 7.65. The molecule has 0 bridgehead atoms. The van der Waals surface area contributed by atoms with E-state index in [4.69, 9.17) is 11.6 Å². The SMILES string of the molecule is CC(Cl)C(C)(C)NS(=O)(=O)c1cccc(Br)c1. The lowest BCUT2D eigenvalue weighted by molar-refractivity contribution is 0.445. The van der Waals surface area contributed by atoms with Crippen molar-refractivity contribution in [2.24, 2.45) is 0 Å². The molecule has 1 N–H and O–H groups in total. The first-order chi connectivity index (χ1) is 7.65. The number of benzene rings is 1. The van der Waals surface area contributed by atoms with E-state index >= 15 is 0 Å². The van der Waals surface area contributed by atoms with Crippen LogP contribution in [-0.4, -0.2) is 19.3 Å². The Morgan fingerprint density at radius 2 is 2.00 bits per heavy atom. The van der Waals surface area contributed by atoms with Crippen LogP contribution < -0.4 is 4.72 Å². The molecule has 0 saturated heterocycles. The van der Waals surface area contributed by atoms with Crippen molar-refractivity contribution in [3.05, 3.63) is 28.7 Å². The molecule has 6 heteroatoms. The van der Waals surface area contributed by atoms with Crippen molar-refractivity contribution < 1.29 is 8.42 Å². The van der Waals surface area contributed by atoms with Gasteiger partial charge in [0.15, 0.2) is 0 Å². The van der Waals surface area contributed by atoms with Gasteiger partial charge in [-0.3, -0.25) is 0 Å². The molecule has 0 heterocycles. The van der Waals surface area contributed by atoms with E-state index in [9.17, 15) is 8.42 Å². The highest BCUT2D eigenvalue weighted by molar-refractivity contribution is 9.10. The normalized spacial score (nSPS) is 14.6. The van der Waals surface area contributed by atoms with Crippen LogP contribution in [0.2, 0.25) is 0 Å². The van der Waals surface area contributed by atoms with Crippen molar-refractivity contribution in [2.45, 2.75) is 36.6 Å². The van der Waals surface area contributed by atoms with Gasteiger partial charge < -0.3 is 0 Å². The molecule has 0 spiro atoms. The highest BCUT2D eigenvalue weighted by atomic mass is 79.9. The molecule has 0 radical (unpaired) electrons. The average Bonchev–Trinajstić information content (AvgIpc) is 2.15. The van der Waals surface area contributed by atoms with Crippen molar-refractivity contribution in [1.29, 1.82) is 0 Å². The van der Waals surface area contributed by atoms with Gasteiger partial charge in [-0.25, -0.2) is 13.1 Å². The molecule has 17 heavy (non-hydrogen) atoms. The number of nitrogens with one attached hydrogen (secondary N) is 1. The van der Waals surface area contributed by atoms with Gasteiger partial charge in [-0.2, -0.15) is 0 Å². The summed E-state index contributed by atoms with van der Waals surface area (Å²) in [4.78, 5) is 0.220. The number of halogens is 2. The van der Waals surface area contributed by atoms with Gasteiger partial charge in [0.05, 0.1) is 4.90 Å². The van der Waals surface area contributed by atoms with E-state index in [1.807, 2.05) is 0 Å². The largest absolute Gasteiger partial charge is 0.241 e. The quantitative estimate of drug-likeness (QED) is 0.856. The van der Waals surface area contributed by atoms with Crippen LogP contribution in [0.25, 0.3) is 0 Å². The summed E-state index contributed by atoms with van der Waals surface area (Å²) < 4.78 is 27.5. The smallest absolute Gasteiger partial charge is 0.207 e. The molecule has 0 aliphatic rings. The zero-order chi connectivity index (χ0) is 13.3. The number of alkyl halides is 1. The van der Waals surface area contributed by atoms with E-state index < -0.39 is 15.6 Å². The van der Waals surface area contributed by atoms with E-state index in [0.717, 1.165) is 4.47 Å². The minimum atomic E-state index is -3.55. The molecule has 96 valence electrons. The Kier molecular flexibility index (Phi) is 4.63. The molecule has 1 rings (SSSR count). The third kappa shape index (κ3) is 3.95. The zero-order valence-electron chi connectivity index (χ0n) is 9.87. The van der Waals surface area contributed by atoms with E-state index in [0.29, 0.717) is 0 Å². The van der Waals surface area contributed by atoms with Gasteiger partial charge in [0.25, 0.3) is 0 Å². The number of hydrogen-bond acceptors (Lipinski definition) is 2. The molecule has 0 fully saturated rings. The number of hydrogen-bond donors (Lipinski definition) is 1. The second-order valence-electron chi connectivity index (χ2n) is 4.40. The molecular weight excluding hydrogens is 326 g/mol. The summed E-state index contributed by atoms with van der Waals surface area (Å²) in [6.07, 6.45) is 0. The van der Waals surface area contributed by atoms with Gasteiger partial charge in [0.2, 0.25) is 10.0 Å². The van der Waals surface area contributed by atoms with Crippen molar-refractivity contribution in [3.8, 4) is 0 Å². The van der Waals surface area contributed by atoms with Crippen molar-refractivity contribution >= 4 is 37.6 Å². The monoisotopic (exact) mass is 339 g/mol. The summed E-state index contributed by atoms with van der Waals surface area (Å²) in [6, 6.07) is 6.55. The molecule has 0 aliphatic heterocycles. The van der Waals surface area contributed by atoms with E-state index in [2.05, 4.69) is 20.7 Å². The van der Waals surface area contributed by atoms with Gasteiger partial charge in [-0.15, -0.1) is 11.6 Å². The summed E-state index contributed by atoms with van der Waals surface area (Å²) in [7, 11) is -3.55. The minimum Gasteiger partial charge on any atom is -0.207 e. The number of rotatable bonds is 4. The molecule has 1 atom stereocenters. The first kappa shape index (κ1) is 15.0. The maximum Gasteiger partial charge on any atom is 0.241 e. The lowest BCUT2D eigenvalue weighted by atomic mass is 10.0. The van der Waals surface area contributed by atoms with E-state index in [1.54, 1.807) is 45.0 Å². The third-order valence-corrected chi connectivity index (χ3v) is 5.21. The second kappa shape index (κ2) is 5.26. The van der Waals surface area contributed by atoms with Crippen molar-refractivity contribution in [3.63, 3.8) is 0 Å². The Hall–Kier alpha value is -0.100. The molecule has 1 unspecified atom stereocenters. The maximum atomic E-state index is 12.1. The fourth-order valence-corrected chi connectivity index (χ4v) is 3.32. The molecule has 0 aliphatic carbocycles. The first-order valence-corrected chi connectivity index (χ1v) is 7.80. The molecule has 0 aromatic heterocycles. The van der Waals surface area contributed by atoms with Crippen LogP contribution in [-0.2, 0) is 10.0 Å². The van der Waals surface area contributed by atoms with Gasteiger partial charge in [0, 0.05) is 15.4 Å². The Bertz CT molecular complexity index is 500. The maximum absolute atomic E-state index is 12.1. The van der Waals surface area contributed by atoms with Gasteiger partial charge in [-0.1, -0.05) is 22.0 Å². The highest BCUT2D eigenvalue weighted by Gasteiger charge is 2.30. The average molecular weight is 341 g/mol. The zero-order valence-corrected chi connectivity index (χ0v) is 13.0. The van der Waals surface area contributed by atoms with Crippen LogP contribution in [0.5, 0.6) is 0 Å². The topological polar surface area (TPSA) is 46.2 Å². The standard InChI is InChI=1S/C11H15BrClNO2S/c1-8(13)11(2,3)14-17(15,16)10-6-4-5-9(12)7-10/h4-8,14H,1-3H3. The molecular formula is C11H15BrClNO2S. The number of sulfonamides is 1. The van der Waals surface area contributed by atoms with Crippen LogP contribution in [0.3, 0.4) is 0 Å². The summed E-state index contributed by atoms with van der Waals surface area (Å²) >= 11 is 9.20. The van der Waals surface area contributed by atoms with Crippen LogP contribution in [0.1, 0.15) is 20.8 Å². The fraction of sp³-hybridized carbons (Fsp3) is 0.455. The predicted molar refractivity (Wildman–Crippen MR) is 73.9 cm³/mol. The van der Waals surface area contributed by atoms with Gasteiger partial charge in [0.1, 0.15) is 0 Å².